The summed E-state index contributed by atoms with van der Waals surface area (Å²) in [5.74, 6) is 0. The van der Waals surface area contributed by atoms with Crippen LogP contribution in [0, 0.1) is 20.8 Å². The highest BCUT2D eigenvalue weighted by Crippen LogP contribution is 2.53. The summed E-state index contributed by atoms with van der Waals surface area (Å²) in [6.45, 7) is 50.9. The van der Waals surface area contributed by atoms with E-state index in [0.717, 1.165) is 34.1 Å². The first-order chi connectivity index (χ1) is 60.9. The van der Waals surface area contributed by atoms with Gasteiger partial charge in [0.25, 0.3) is 20.1 Å². The molecule has 0 radical (unpaired) electrons. The Hall–Kier alpha value is -12.7. The molecule has 128 heavy (non-hydrogen) atoms. The van der Waals surface area contributed by atoms with Crippen LogP contribution in [0.3, 0.4) is 0 Å². The topological polar surface area (TPSA) is 19.4 Å². The summed E-state index contributed by atoms with van der Waals surface area (Å²) in [5.41, 5.74) is 46.4. The SMILES string of the molecule is Cc1ccc(N2c3ccc(C(C)(c4ccc5c(c4)B4c6cc(C(C)(C)C)ccc6N(c6ccc(C(C)(C)C)cc6)c6cccc(c64)N5c4ccc(C)cc4)c4ccc5c(c4)B4c6cc(C(C)(C)C)ccc6N(c6ccc(C(C)(C)C)cc6)c6cccc(c64)N5c4ccc(C)cc4)cc3B3c4cc(C(C)(C)C)ccc4N(c4ccc(C(C)(C)C)cc4)c4cccc2c43)cc1. The highest BCUT2D eigenvalue weighted by molar-refractivity contribution is 7.02. The van der Waals surface area contributed by atoms with Crippen LogP contribution < -0.4 is 78.6 Å². The lowest BCUT2D eigenvalue weighted by atomic mass is 9.32. The maximum atomic E-state index is 2.70. The molecule has 15 aromatic rings. The zero-order valence-electron chi connectivity index (χ0n) is 78.9. The van der Waals surface area contributed by atoms with Crippen molar-refractivity contribution in [2.45, 2.75) is 190 Å². The van der Waals surface area contributed by atoms with Crippen LogP contribution in [0.1, 0.15) is 198 Å². The Bertz CT molecular complexity index is 6330. The second-order valence-electron chi connectivity index (χ2n) is 43.9. The Balaban J connectivity index is 0.868. The number of benzene rings is 15. The molecule has 15 aromatic carbocycles. The Morgan fingerprint density at radius 3 is 0.500 bits per heavy atom. The minimum Gasteiger partial charge on any atom is -0.311 e. The van der Waals surface area contributed by atoms with E-state index in [1.807, 2.05) is 0 Å². The van der Waals surface area contributed by atoms with Crippen LogP contribution in [0.4, 0.5) is 102 Å². The lowest BCUT2D eigenvalue weighted by molar-refractivity contribution is 0.590. The highest BCUT2D eigenvalue weighted by atomic mass is 15.2. The van der Waals surface area contributed by atoms with Gasteiger partial charge < -0.3 is 29.4 Å². The zero-order chi connectivity index (χ0) is 89.3. The summed E-state index contributed by atoms with van der Waals surface area (Å²) in [4.78, 5) is 15.5. The normalized spacial score (nSPS) is 14.3. The van der Waals surface area contributed by atoms with E-state index < -0.39 is 5.41 Å². The summed E-state index contributed by atoms with van der Waals surface area (Å²) in [5, 5.41) is 0. The minimum atomic E-state index is -0.890. The van der Waals surface area contributed by atoms with Gasteiger partial charge in [0.15, 0.2) is 0 Å². The average molecular weight is 1660 g/mol. The third kappa shape index (κ3) is 13.2. The van der Waals surface area contributed by atoms with Gasteiger partial charge in [-0.25, -0.2) is 0 Å². The highest BCUT2D eigenvalue weighted by Gasteiger charge is 2.51. The molecule has 0 unspecified atom stereocenters. The van der Waals surface area contributed by atoms with Crippen LogP contribution in [0.2, 0.25) is 0 Å². The summed E-state index contributed by atoms with van der Waals surface area (Å²) < 4.78 is 0. The Morgan fingerprint density at radius 1 is 0.164 bits per heavy atom. The molecule has 6 heterocycles. The Kier molecular flexibility index (Phi) is 18.7. The second kappa shape index (κ2) is 29.2. The molecule has 6 aliphatic heterocycles. The lowest BCUT2D eigenvalue weighted by Gasteiger charge is -2.46. The van der Waals surface area contributed by atoms with Crippen molar-refractivity contribution < 1.29 is 0 Å². The van der Waals surface area contributed by atoms with Crippen molar-refractivity contribution in [3.05, 3.63) is 376 Å². The van der Waals surface area contributed by atoms with Crippen molar-refractivity contribution in [3.63, 3.8) is 0 Å². The third-order valence-electron chi connectivity index (χ3n) is 29.1. The number of rotatable bonds is 9. The van der Waals surface area contributed by atoms with E-state index in [9.17, 15) is 0 Å². The predicted octanol–water partition coefficient (Wildman–Crippen LogP) is 26.0. The number of anilines is 18. The van der Waals surface area contributed by atoms with Crippen LogP contribution in [0.5, 0.6) is 0 Å². The quantitative estimate of drug-likeness (QED) is 0.105. The molecule has 0 N–H and O–H groups in total. The van der Waals surface area contributed by atoms with Gasteiger partial charge in [-0.3, -0.25) is 0 Å². The summed E-state index contributed by atoms with van der Waals surface area (Å²) in [7, 11) is 0. The molecule has 0 saturated heterocycles. The molecule has 6 nitrogen and oxygen atoms in total. The molecule has 0 aromatic heterocycles. The fraction of sp³-hybridized carbons (Fsp3) is 0.244. The van der Waals surface area contributed by atoms with E-state index in [-0.39, 0.29) is 52.6 Å². The first-order valence-corrected chi connectivity index (χ1v) is 46.5. The fourth-order valence-corrected chi connectivity index (χ4v) is 21.7. The van der Waals surface area contributed by atoms with E-state index in [0.29, 0.717) is 0 Å². The van der Waals surface area contributed by atoms with Crippen molar-refractivity contribution in [2.24, 2.45) is 0 Å². The molecular formula is C119H117B3N6. The van der Waals surface area contributed by atoms with Gasteiger partial charge in [0.05, 0.1) is 0 Å². The third-order valence-corrected chi connectivity index (χ3v) is 29.1. The van der Waals surface area contributed by atoms with Crippen LogP contribution in [-0.4, -0.2) is 20.1 Å². The standard InChI is InChI=1S/C119H117B3N6/c1-74-32-50-86(51-33-74)123-101-65-47-83(71-95(101)120-92-68-80(116(13,14)15)44-62-98(92)126(107-29-23-26-104(123)110(107)120)89-56-38-77(39-57-89)113(4,5)6)119(22,84-48-66-102-96(72-84)121-93-69-81(117(16,17)18)45-63-99(93)127(90-58-40-78(41-59-90)114(7,8)9)108-30-24-27-105(111(108)121)124(102)87-52-34-75(2)35-53-87)85-49-67-103-97(73-85)122-94-70-82(118(19,20)21)46-64-100(94)128(91-60-42-79(43-61-91)115(10,11)12)109-31-25-28-106(112(109)122)125(103)88-54-36-76(3)37-55-88/h23-73H,1-22H3. The molecule has 0 amide bonds. The van der Waals surface area contributed by atoms with Gasteiger partial charge in [-0.2, -0.15) is 0 Å². The summed E-state index contributed by atoms with van der Waals surface area (Å²) in [6.07, 6.45) is 0. The number of aryl methyl sites for hydroxylation is 3. The maximum absolute atomic E-state index is 2.70. The van der Waals surface area contributed by atoms with Crippen molar-refractivity contribution in [1.29, 1.82) is 0 Å². The van der Waals surface area contributed by atoms with Gasteiger partial charge in [-0.05, 0) is 305 Å². The van der Waals surface area contributed by atoms with Crippen molar-refractivity contribution in [2.75, 3.05) is 29.4 Å². The van der Waals surface area contributed by atoms with E-state index in [1.54, 1.807) is 0 Å². The van der Waals surface area contributed by atoms with Crippen LogP contribution >= 0.6 is 0 Å². The van der Waals surface area contributed by atoms with E-state index >= 15 is 0 Å². The molecule has 0 saturated carbocycles. The first kappa shape index (κ1) is 82.3. The first-order valence-electron chi connectivity index (χ1n) is 46.5. The van der Waals surface area contributed by atoms with E-state index in [1.165, 1.54) is 184 Å². The molecule has 0 bridgehead atoms. The molecule has 0 spiro atoms. The van der Waals surface area contributed by atoms with Crippen molar-refractivity contribution >= 4 is 172 Å². The molecule has 9 heteroatoms. The smallest absolute Gasteiger partial charge is 0.252 e. The number of hydrogen-bond donors (Lipinski definition) is 0. The number of fused-ring (bicyclic) bond motifs is 12. The molecule has 0 atom stereocenters. The van der Waals surface area contributed by atoms with Crippen LogP contribution in [-0.2, 0) is 37.9 Å². The number of nitrogens with zero attached hydrogens (tertiary/aromatic N) is 6. The van der Waals surface area contributed by atoms with Crippen molar-refractivity contribution in [1.82, 2.24) is 0 Å². The fourth-order valence-electron chi connectivity index (χ4n) is 21.7. The van der Waals surface area contributed by atoms with Gasteiger partial charge >= 0.3 is 0 Å². The zero-order valence-corrected chi connectivity index (χ0v) is 78.9. The monoisotopic (exact) mass is 1660 g/mol. The summed E-state index contributed by atoms with van der Waals surface area (Å²) in [6, 6.07) is 123. The molecule has 6 aliphatic rings. The largest absolute Gasteiger partial charge is 0.311 e. The summed E-state index contributed by atoms with van der Waals surface area (Å²) >= 11 is 0. The minimum absolute atomic E-state index is 0.0224. The van der Waals surface area contributed by atoms with Gasteiger partial charge in [-0.15, -0.1) is 0 Å². The molecule has 21 rings (SSSR count). The second-order valence-corrected chi connectivity index (χ2v) is 43.9. The van der Waals surface area contributed by atoms with Gasteiger partial charge in [-0.1, -0.05) is 305 Å². The van der Waals surface area contributed by atoms with Gasteiger partial charge in [0.2, 0.25) is 0 Å². The van der Waals surface area contributed by atoms with Crippen LogP contribution in [0.15, 0.2) is 309 Å². The molecule has 0 aliphatic carbocycles. The average Bonchev–Trinajstić information content (AvgIpc) is 0.695. The Morgan fingerprint density at radius 2 is 0.320 bits per heavy atom. The molecule has 632 valence electrons. The lowest BCUT2D eigenvalue weighted by Crippen LogP contribution is -2.62. The molecule has 0 fully saturated rings. The van der Waals surface area contributed by atoms with Crippen molar-refractivity contribution in [3.8, 4) is 0 Å². The van der Waals surface area contributed by atoms with Gasteiger partial charge in [0.1, 0.15) is 0 Å². The molecular weight excluding hydrogens is 1550 g/mol. The number of hydrogen-bond acceptors (Lipinski definition) is 6. The Labute approximate surface area is 762 Å². The van der Waals surface area contributed by atoms with E-state index in [2.05, 4.69) is 491 Å². The van der Waals surface area contributed by atoms with Crippen LogP contribution in [0.25, 0.3) is 0 Å². The predicted molar refractivity (Wildman–Crippen MR) is 553 cm³/mol. The van der Waals surface area contributed by atoms with Gasteiger partial charge in [0, 0.05) is 108 Å². The maximum Gasteiger partial charge on any atom is 0.252 e. The van der Waals surface area contributed by atoms with E-state index in [4.69, 9.17) is 0 Å².